The van der Waals surface area contributed by atoms with Gasteiger partial charge in [-0.1, -0.05) is 436 Å². The molecule has 0 aromatic heterocycles. The minimum Gasteiger partial charge on any atom is -0.463 e. The fourth-order valence-corrected chi connectivity index (χ4v) is 15.3. The summed E-state index contributed by atoms with van der Waals surface area (Å²) in [6.07, 6.45) is 121. The molecule has 0 rings (SSSR count). The van der Waals surface area contributed by atoms with Gasteiger partial charge in [-0.15, -0.1) is 0 Å². The van der Waals surface area contributed by atoms with Crippen molar-refractivity contribution in [3.05, 3.63) is 146 Å². The smallest absolute Gasteiger partial charge is 0.463 e. The van der Waals surface area contributed by atoms with E-state index in [-0.39, 0.29) is 19.3 Å². The van der Waals surface area contributed by atoms with Crippen LogP contribution in [0.5, 0.6) is 0 Å². The number of esters is 3. The third-order valence-electron chi connectivity index (χ3n) is 21.1. The maximum absolute atomic E-state index is 13.0. The molecule has 0 saturated heterocycles. The van der Waals surface area contributed by atoms with Crippen molar-refractivity contribution in [2.24, 2.45) is 0 Å². The van der Waals surface area contributed by atoms with E-state index in [1.165, 1.54) is 231 Å². The van der Waals surface area contributed by atoms with Crippen LogP contribution in [0.15, 0.2) is 146 Å². The van der Waals surface area contributed by atoms with Gasteiger partial charge in [-0.2, -0.15) is 0 Å². The highest BCUT2D eigenvalue weighted by molar-refractivity contribution is 7.47. The molecule has 0 aliphatic carbocycles. The number of aliphatic hydroxyl groups excluding tert-OH is 2. The topological polar surface area (TPSA) is 231 Å². The van der Waals surface area contributed by atoms with Gasteiger partial charge in [0.25, 0.3) is 0 Å². The van der Waals surface area contributed by atoms with E-state index in [1.54, 1.807) is 0 Å². The molecular weight excluding hydrogens is 1560 g/mol. The van der Waals surface area contributed by atoms with Gasteiger partial charge in [0, 0.05) is 19.3 Å². The van der Waals surface area contributed by atoms with Crippen molar-refractivity contribution in [1.82, 2.24) is 0 Å². The molecule has 16 nitrogen and oxygen atoms in total. The average molecular weight is 1740 g/mol. The predicted octanol–water partition coefficient (Wildman–Crippen LogP) is 30.7. The second kappa shape index (κ2) is 94.6. The van der Waals surface area contributed by atoms with Gasteiger partial charge < -0.3 is 34.2 Å². The molecule has 0 saturated carbocycles. The van der Waals surface area contributed by atoms with Crippen LogP contribution in [0.4, 0.5) is 0 Å². The molecule has 0 aromatic rings. The number of hydrogen-bond acceptors (Lipinski definition) is 14. The molecule has 5 atom stereocenters. The maximum atomic E-state index is 13.0. The standard InChI is InChI=1S/C103H180O16P2/c1-4-7-10-13-16-19-22-25-28-30-32-34-36-38-40-42-44-46-48-50-52-54-56-58-60-62-64-66-69-71-74-77-80-83-86-89-101(106)113-92-98(104)93-115-120(109,110)116-94-99(105)95-117-121(111,112)118-97-100(119-103(108)91-88-85-82-79-76-73-68-27-24-21-18-15-12-9-6-3)96-114-102(107)90-87-84-81-78-75-72-70-67-65-63-61-59-57-55-53-51-49-47-45-43-41-39-37-35-33-31-29-26-23-20-17-14-11-8-5-2/h7-8,10-11,16-17,19-20,25-26,28-29,32-35,38-41,44-47,98-100,104-105H,4-6,9,12-15,18,21-24,27,30-31,36-37,42-43,48-97H2,1-3H3,(H,109,110)(H,111,112)/b10-7-,11-8-,19-16-,20-17-,28-25-,29-26-,34-32-,35-33-,40-38-,41-39-,46-44-,47-45-. The van der Waals surface area contributed by atoms with E-state index in [9.17, 15) is 43.5 Å². The Hall–Kier alpha value is -4.57. The summed E-state index contributed by atoms with van der Waals surface area (Å²) in [6.45, 7) is 2.54. The van der Waals surface area contributed by atoms with Gasteiger partial charge in [0.1, 0.15) is 25.4 Å². The van der Waals surface area contributed by atoms with Crippen LogP contribution in [0.25, 0.3) is 0 Å². The highest BCUT2D eigenvalue weighted by Crippen LogP contribution is 2.45. The van der Waals surface area contributed by atoms with E-state index < -0.39 is 91.5 Å². The lowest BCUT2D eigenvalue weighted by molar-refractivity contribution is -0.161. The second-order valence-corrected chi connectivity index (χ2v) is 35.7. The van der Waals surface area contributed by atoms with E-state index in [1.807, 2.05) is 0 Å². The van der Waals surface area contributed by atoms with Crippen molar-refractivity contribution in [2.45, 2.75) is 450 Å². The van der Waals surface area contributed by atoms with Gasteiger partial charge in [-0.3, -0.25) is 32.5 Å². The van der Waals surface area contributed by atoms with Gasteiger partial charge >= 0.3 is 33.6 Å². The molecule has 0 aliphatic heterocycles. The Balaban J connectivity index is 4.40. The van der Waals surface area contributed by atoms with Crippen molar-refractivity contribution in [3.8, 4) is 0 Å². The number of carbonyl (C=O) groups excluding carboxylic acids is 3. The highest BCUT2D eigenvalue weighted by Gasteiger charge is 2.30. The molecule has 0 radical (unpaired) electrons. The van der Waals surface area contributed by atoms with Crippen LogP contribution in [-0.2, 0) is 55.8 Å². The molecule has 18 heteroatoms. The number of aliphatic hydroxyl groups is 2. The number of allylic oxidation sites excluding steroid dienone is 24. The molecule has 0 bridgehead atoms. The number of hydrogen-bond donors (Lipinski definition) is 4. The Morgan fingerprint density at radius 3 is 0.694 bits per heavy atom. The van der Waals surface area contributed by atoms with Crippen LogP contribution >= 0.6 is 15.6 Å². The monoisotopic (exact) mass is 1740 g/mol. The summed E-state index contributed by atoms with van der Waals surface area (Å²) in [5.74, 6) is -1.55. The molecule has 121 heavy (non-hydrogen) atoms. The summed E-state index contributed by atoms with van der Waals surface area (Å²) in [4.78, 5) is 59.0. The first-order valence-electron chi connectivity index (χ1n) is 49.1. The summed E-state index contributed by atoms with van der Waals surface area (Å²) < 4.78 is 61.5. The predicted molar refractivity (Wildman–Crippen MR) is 509 cm³/mol. The lowest BCUT2D eigenvalue weighted by atomic mass is 10.0. The summed E-state index contributed by atoms with van der Waals surface area (Å²) in [5.41, 5.74) is 0. The van der Waals surface area contributed by atoms with Crippen LogP contribution in [0.2, 0.25) is 0 Å². The van der Waals surface area contributed by atoms with Crippen LogP contribution in [0.3, 0.4) is 0 Å². The van der Waals surface area contributed by atoms with E-state index in [0.717, 1.165) is 141 Å². The minimum absolute atomic E-state index is 0.109. The normalized spacial score (nSPS) is 14.3. The summed E-state index contributed by atoms with van der Waals surface area (Å²) >= 11 is 0. The number of phosphoric ester groups is 2. The second-order valence-electron chi connectivity index (χ2n) is 32.8. The first-order valence-corrected chi connectivity index (χ1v) is 52.1. The Morgan fingerprint density at radius 2 is 0.438 bits per heavy atom. The van der Waals surface area contributed by atoms with Gasteiger partial charge in [0.05, 0.1) is 26.4 Å². The Kier molecular flexibility index (Phi) is 91.0. The third-order valence-corrected chi connectivity index (χ3v) is 23.0. The van der Waals surface area contributed by atoms with Gasteiger partial charge in [-0.05, 0) is 122 Å². The van der Waals surface area contributed by atoms with Crippen LogP contribution in [0, 0.1) is 0 Å². The van der Waals surface area contributed by atoms with Crippen LogP contribution in [0.1, 0.15) is 432 Å². The van der Waals surface area contributed by atoms with E-state index in [2.05, 4.69) is 167 Å². The molecule has 0 amide bonds. The fourth-order valence-electron chi connectivity index (χ4n) is 13.7. The molecule has 0 aromatic carbocycles. The molecule has 5 unspecified atom stereocenters. The number of unbranched alkanes of at least 4 members (excludes halogenated alkanes) is 46. The van der Waals surface area contributed by atoms with Crippen molar-refractivity contribution < 1.29 is 75.8 Å². The van der Waals surface area contributed by atoms with Gasteiger partial charge in [0.2, 0.25) is 0 Å². The maximum Gasteiger partial charge on any atom is 0.472 e. The zero-order valence-corrected chi connectivity index (χ0v) is 79.0. The van der Waals surface area contributed by atoms with Crippen molar-refractivity contribution in [2.75, 3.05) is 39.6 Å². The summed E-state index contributed by atoms with van der Waals surface area (Å²) in [5, 5.41) is 20.7. The minimum atomic E-state index is -4.94. The fraction of sp³-hybridized carbons (Fsp3) is 0.738. The van der Waals surface area contributed by atoms with E-state index in [0.29, 0.717) is 19.3 Å². The number of carbonyl (C=O) groups is 3. The Bertz CT molecular complexity index is 2780. The third kappa shape index (κ3) is 95.9. The molecule has 0 heterocycles. The Morgan fingerprint density at radius 1 is 0.240 bits per heavy atom. The van der Waals surface area contributed by atoms with Gasteiger partial charge in [-0.25, -0.2) is 9.13 Å². The SMILES string of the molecule is CC/C=C\C/C=C\C/C=C\C/C=C\C/C=C\C/C=C\CCCCCCCCCCCCCCCCCCC(=O)OCC(O)COP(=O)(O)OCC(O)COP(=O)(O)OCC(COC(=O)CCCCCCCCCCCCCCCCCC/C=C\C/C=C\C/C=C\C/C=C\C/C=C\C/C=C\CC)OC(=O)CCCCCCCCCCCCCCCCC. The van der Waals surface area contributed by atoms with Gasteiger partial charge in [0.15, 0.2) is 6.10 Å². The average Bonchev–Trinajstić information content (AvgIpc) is 0.890. The van der Waals surface area contributed by atoms with Crippen LogP contribution < -0.4 is 0 Å². The number of ether oxygens (including phenoxy) is 3. The van der Waals surface area contributed by atoms with Crippen molar-refractivity contribution in [1.29, 1.82) is 0 Å². The molecular formula is C103H180O16P2. The van der Waals surface area contributed by atoms with E-state index >= 15 is 0 Å². The summed E-state index contributed by atoms with van der Waals surface area (Å²) in [7, 11) is -9.80. The number of phosphoric acid groups is 2. The largest absolute Gasteiger partial charge is 0.472 e. The molecule has 0 spiro atoms. The molecule has 698 valence electrons. The van der Waals surface area contributed by atoms with Crippen molar-refractivity contribution >= 4 is 33.6 Å². The lowest BCUT2D eigenvalue weighted by Crippen LogP contribution is -2.30. The number of rotatable bonds is 93. The first kappa shape index (κ1) is 116. The molecule has 0 aliphatic rings. The molecule has 4 N–H and O–H groups in total. The zero-order valence-electron chi connectivity index (χ0n) is 77.2. The first-order chi connectivity index (χ1) is 59.2. The van der Waals surface area contributed by atoms with Crippen molar-refractivity contribution in [3.63, 3.8) is 0 Å². The Labute approximate surface area is 740 Å². The quantitative estimate of drug-likeness (QED) is 0.0146. The van der Waals surface area contributed by atoms with E-state index in [4.69, 9.17) is 32.3 Å². The summed E-state index contributed by atoms with van der Waals surface area (Å²) in [6, 6.07) is 0. The lowest BCUT2D eigenvalue weighted by Gasteiger charge is -2.21. The van der Waals surface area contributed by atoms with Crippen LogP contribution in [-0.4, -0.2) is 95.9 Å². The molecule has 0 fully saturated rings. The highest BCUT2D eigenvalue weighted by atomic mass is 31.2. The zero-order chi connectivity index (χ0) is 87.9.